The van der Waals surface area contributed by atoms with Gasteiger partial charge in [0.15, 0.2) is 0 Å². The molecule has 0 saturated carbocycles. The molecule has 3 nitrogen and oxygen atoms in total. The Morgan fingerprint density at radius 2 is 2.19 bits per heavy atom. The molecule has 1 amide bonds. The lowest BCUT2D eigenvalue weighted by atomic mass is 10.0. The van der Waals surface area contributed by atoms with Gasteiger partial charge in [-0.1, -0.05) is 30.3 Å². The third-order valence-electron chi connectivity index (χ3n) is 3.17. The fourth-order valence-corrected chi connectivity index (χ4v) is 2.33. The highest BCUT2D eigenvalue weighted by molar-refractivity contribution is 5.77. The Morgan fingerprint density at radius 1 is 1.44 bits per heavy atom. The molecule has 1 aliphatic rings. The molecule has 0 spiro atoms. The van der Waals surface area contributed by atoms with Crippen LogP contribution in [-0.2, 0) is 4.79 Å². The van der Waals surface area contributed by atoms with Crippen LogP contribution in [0.25, 0.3) is 0 Å². The maximum absolute atomic E-state index is 11.4. The SMILES string of the molecule is CNC(=O)CN1CCC[C@H]1c1ccccc1. The summed E-state index contributed by atoms with van der Waals surface area (Å²) in [5.41, 5.74) is 1.32. The smallest absolute Gasteiger partial charge is 0.233 e. The van der Waals surface area contributed by atoms with Crippen LogP contribution in [0.2, 0.25) is 0 Å². The number of carbonyl (C=O) groups is 1. The molecular weight excluding hydrogens is 200 g/mol. The van der Waals surface area contributed by atoms with E-state index in [1.54, 1.807) is 7.05 Å². The number of hydrogen-bond acceptors (Lipinski definition) is 2. The zero-order chi connectivity index (χ0) is 11.4. The number of nitrogens with one attached hydrogen (secondary N) is 1. The Bertz CT molecular complexity index is 350. The minimum atomic E-state index is 0.0998. The molecular formula is C13H18N2O. The van der Waals surface area contributed by atoms with Crippen molar-refractivity contribution in [1.82, 2.24) is 10.2 Å². The summed E-state index contributed by atoms with van der Waals surface area (Å²) in [6, 6.07) is 10.9. The summed E-state index contributed by atoms with van der Waals surface area (Å²) < 4.78 is 0. The molecule has 0 radical (unpaired) electrons. The average molecular weight is 218 g/mol. The lowest BCUT2D eigenvalue weighted by molar-refractivity contribution is -0.122. The second-order valence-electron chi connectivity index (χ2n) is 4.21. The van der Waals surface area contributed by atoms with Crippen LogP contribution in [0.1, 0.15) is 24.4 Å². The fourth-order valence-electron chi connectivity index (χ4n) is 2.33. The second kappa shape index (κ2) is 5.12. The first-order valence-electron chi connectivity index (χ1n) is 5.81. The zero-order valence-corrected chi connectivity index (χ0v) is 9.65. The lowest BCUT2D eigenvalue weighted by Gasteiger charge is -2.23. The van der Waals surface area contributed by atoms with Crippen LogP contribution in [0.4, 0.5) is 0 Å². The predicted molar refractivity (Wildman–Crippen MR) is 64.1 cm³/mol. The number of likely N-dealkylation sites (N-methyl/N-ethyl adjacent to an activating group) is 1. The fraction of sp³-hybridized carbons (Fsp3) is 0.462. The van der Waals surface area contributed by atoms with Crippen LogP contribution in [-0.4, -0.2) is 30.9 Å². The largest absolute Gasteiger partial charge is 0.358 e. The summed E-state index contributed by atoms with van der Waals surface area (Å²) >= 11 is 0. The van der Waals surface area contributed by atoms with Gasteiger partial charge in [0.2, 0.25) is 5.91 Å². The third kappa shape index (κ3) is 2.42. The van der Waals surface area contributed by atoms with Gasteiger partial charge in [-0.05, 0) is 24.9 Å². The molecule has 1 saturated heterocycles. The number of likely N-dealkylation sites (tertiary alicyclic amines) is 1. The minimum Gasteiger partial charge on any atom is -0.358 e. The van der Waals surface area contributed by atoms with E-state index in [2.05, 4.69) is 34.5 Å². The average Bonchev–Trinajstić information content (AvgIpc) is 2.78. The van der Waals surface area contributed by atoms with E-state index in [0.717, 1.165) is 13.0 Å². The van der Waals surface area contributed by atoms with Crippen LogP contribution >= 0.6 is 0 Å². The summed E-state index contributed by atoms with van der Waals surface area (Å²) in [5, 5.41) is 2.68. The van der Waals surface area contributed by atoms with E-state index in [0.29, 0.717) is 12.6 Å². The highest BCUT2D eigenvalue weighted by Gasteiger charge is 2.26. The number of amides is 1. The Labute approximate surface area is 96.5 Å². The predicted octanol–water partition coefficient (Wildman–Crippen LogP) is 1.57. The van der Waals surface area contributed by atoms with Gasteiger partial charge in [0.05, 0.1) is 6.54 Å². The molecule has 0 aromatic heterocycles. The van der Waals surface area contributed by atoms with Crippen molar-refractivity contribution in [3.05, 3.63) is 35.9 Å². The molecule has 86 valence electrons. The van der Waals surface area contributed by atoms with Crippen molar-refractivity contribution in [1.29, 1.82) is 0 Å². The van der Waals surface area contributed by atoms with Crippen molar-refractivity contribution in [2.24, 2.45) is 0 Å². The molecule has 1 N–H and O–H groups in total. The maximum atomic E-state index is 11.4. The van der Waals surface area contributed by atoms with Gasteiger partial charge in [0.1, 0.15) is 0 Å². The van der Waals surface area contributed by atoms with Crippen molar-refractivity contribution in [2.45, 2.75) is 18.9 Å². The van der Waals surface area contributed by atoms with E-state index in [1.807, 2.05) is 6.07 Å². The Balaban J connectivity index is 2.06. The van der Waals surface area contributed by atoms with Crippen molar-refractivity contribution in [2.75, 3.05) is 20.1 Å². The molecule has 0 unspecified atom stereocenters. The van der Waals surface area contributed by atoms with Gasteiger partial charge >= 0.3 is 0 Å². The van der Waals surface area contributed by atoms with Crippen molar-refractivity contribution in [3.8, 4) is 0 Å². The maximum Gasteiger partial charge on any atom is 0.233 e. The molecule has 16 heavy (non-hydrogen) atoms. The number of hydrogen-bond donors (Lipinski definition) is 1. The van der Waals surface area contributed by atoms with Crippen molar-refractivity contribution < 1.29 is 4.79 Å². The molecule has 1 aliphatic heterocycles. The van der Waals surface area contributed by atoms with E-state index < -0.39 is 0 Å². The van der Waals surface area contributed by atoms with E-state index in [9.17, 15) is 4.79 Å². The molecule has 3 heteroatoms. The molecule has 1 atom stereocenters. The van der Waals surface area contributed by atoms with Gasteiger partial charge in [-0.15, -0.1) is 0 Å². The quantitative estimate of drug-likeness (QED) is 0.835. The summed E-state index contributed by atoms with van der Waals surface area (Å²) in [6.45, 7) is 1.53. The lowest BCUT2D eigenvalue weighted by Crippen LogP contribution is -2.35. The molecule has 0 bridgehead atoms. The monoisotopic (exact) mass is 218 g/mol. The van der Waals surface area contributed by atoms with Gasteiger partial charge in [-0.2, -0.15) is 0 Å². The van der Waals surface area contributed by atoms with Crippen LogP contribution < -0.4 is 5.32 Å². The third-order valence-corrected chi connectivity index (χ3v) is 3.17. The van der Waals surface area contributed by atoms with Gasteiger partial charge in [0, 0.05) is 13.1 Å². The summed E-state index contributed by atoms with van der Waals surface area (Å²) in [7, 11) is 1.69. The van der Waals surface area contributed by atoms with Crippen LogP contribution in [0.15, 0.2) is 30.3 Å². The number of carbonyl (C=O) groups excluding carboxylic acids is 1. The van der Waals surface area contributed by atoms with E-state index in [1.165, 1.54) is 12.0 Å². The summed E-state index contributed by atoms with van der Waals surface area (Å²) in [5.74, 6) is 0.0998. The highest BCUT2D eigenvalue weighted by atomic mass is 16.1. The van der Waals surface area contributed by atoms with Gasteiger partial charge in [-0.25, -0.2) is 0 Å². The van der Waals surface area contributed by atoms with E-state index in [-0.39, 0.29) is 5.91 Å². The first-order valence-corrected chi connectivity index (χ1v) is 5.81. The molecule has 1 heterocycles. The molecule has 1 aromatic rings. The molecule has 0 aliphatic carbocycles. The standard InChI is InChI=1S/C13H18N2O/c1-14-13(16)10-15-9-5-8-12(15)11-6-3-2-4-7-11/h2-4,6-7,12H,5,8-10H2,1H3,(H,14,16)/t12-/m0/s1. The Morgan fingerprint density at radius 3 is 2.88 bits per heavy atom. The summed E-state index contributed by atoms with van der Waals surface area (Å²) in [4.78, 5) is 13.6. The zero-order valence-electron chi connectivity index (χ0n) is 9.65. The summed E-state index contributed by atoms with van der Waals surface area (Å²) in [6.07, 6.45) is 2.33. The van der Waals surface area contributed by atoms with Gasteiger partial charge < -0.3 is 5.32 Å². The second-order valence-corrected chi connectivity index (χ2v) is 4.21. The van der Waals surface area contributed by atoms with E-state index >= 15 is 0 Å². The van der Waals surface area contributed by atoms with Crippen LogP contribution in [0.3, 0.4) is 0 Å². The first kappa shape index (κ1) is 11.1. The Kier molecular flexibility index (Phi) is 3.57. The van der Waals surface area contributed by atoms with Crippen molar-refractivity contribution >= 4 is 5.91 Å². The van der Waals surface area contributed by atoms with Crippen LogP contribution in [0.5, 0.6) is 0 Å². The molecule has 1 aromatic carbocycles. The number of nitrogens with zero attached hydrogens (tertiary/aromatic N) is 1. The topological polar surface area (TPSA) is 32.3 Å². The van der Waals surface area contributed by atoms with Gasteiger partial charge in [-0.3, -0.25) is 9.69 Å². The first-order chi connectivity index (χ1) is 7.81. The van der Waals surface area contributed by atoms with Gasteiger partial charge in [0.25, 0.3) is 0 Å². The molecule has 1 fully saturated rings. The normalized spacial score (nSPS) is 20.9. The molecule has 2 rings (SSSR count). The van der Waals surface area contributed by atoms with E-state index in [4.69, 9.17) is 0 Å². The van der Waals surface area contributed by atoms with Crippen molar-refractivity contribution in [3.63, 3.8) is 0 Å². The number of benzene rings is 1. The highest BCUT2D eigenvalue weighted by Crippen LogP contribution is 2.31. The Hall–Kier alpha value is -1.35. The number of rotatable bonds is 3. The minimum absolute atomic E-state index is 0.0998. The van der Waals surface area contributed by atoms with Crippen LogP contribution in [0, 0.1) is 0 Å².